The maximum atomic E-state index is 4.66. The van der Waals surface area contributed by atoms with Crippen LogP contribution in [0.4, 0.5) is 17.1 Å². The molecule has 4 aromatic rings. The summed E-state index contributed by atoms with van der Waals surface area (Å²) < 4.78 is 2.18. The second kappa shape index (κ2) is 9.15. The summed E-state index contributed by atoms with van der Waals surface area (Å²) in [5.74, 6) is 0. The van der Waals surface area contributed by atoms with Crippen LogP contribution < -0.4 is 10.2 Å². The van der Waals surface area contributed by atoms with Crippen molar-refractivity contribution in [2.45, 2.75) is 40.7 Å². The number of anilines is 3. The van der Waals surface area contributed by atoms with Gasteiger partial charge in [-0.3, -0.25) is 9.30 Å². The number of nitrogens with one attached hydrogen (secondary N) is 1. The molecule has 0 atom stereocenters. The molecule has 34 heavy (non-hydrogen) atoms. The minimum Gasteiger partial charge on any atom is -0.369 e. The molecule has 0 spiro atoms. The Morgan fingerprint density at radius 1 is 0.853 bits per heavy atom. The van der Waals surface area contributed by atoms with E-state index in [1.54, 1.807) is 0 Å². The molecule has 0 amide bonds. The molecule has 1 fully saturated rings. The van der Waals surface area contributed by atoms with Gasteiger partial charge in [0.05, 0.1) is 11.4 Å². The van der Waals surface area contributed by atoms with Crippen LogP contribution in [0.25, 0.3) is 16.9 Å². The van der Waals surface area contributed by atoms with E-state index in [1.807, 2.05) is 12.4 Å². The van der Waals surface area contributed by atoms with Crippen molar-refractivity contribution in [1.29, 1.82) is 0 Å². The van der Waals surface area contributed by atoms with Gasteiger partial charge in [0.15, 0.2) is 5.65 Å². The van der Waals surface area contributed by atoms with Crippen molar-refractivity contribution in [2.75, 3.05) is 36.4 Å². The van der Waals surface area contributed by atoms with Crippen molar-refractivity contribution in [3.8, 4) is 11.3 Å². The second-order valence-corrected chi connectivity index (χ2v) is 9.78. The molecule has 0 aliphatic carbocycles. The predicted molar refractivity (Wildman–Crippen MR) is 143 cm³/mol. The number of imidazole rings is 1. The van der Waals surface area contributed by atoms with Gasteiger partial charge in [0, 0.05) is 56.0 Å². The van der Waals surface area contributed by atoms with Crippen LogP contribution in [-0.2, 0) is 0 Å². The first kappa shape index (κ1) is 22.5. The number of aromatic nitrogens is 2. The van der Waals surface area contributed by atoms with E-state index in [9.17, 15) is 0 Å². The highest BCUT2D eigenvalue weighted by Gasteiger charge is 2.19. The molecule has 5 rings (SSSR count). The van der Waals surface area contributed by atoms with Gasteiger partial charge in [-0.2, -0.15) is 0 Å². The zero-order valence-corrected chi connectivity index (χ0v) is 21.0. The van der Waals surface area contributed by atoms with Crippen molar-refractivity contribution >= 4 is 22.7 Å². The number of aryl methyl sites for hydroxylation is 2. The molecule has 5 nitrogen and oxygen atoms in total. The molecule has 1 aliphatic heterocycles. The third-order valence-corrected chi connectivity index (χ3v) is 7.33. The molecule has 0 bridgehead atoms. The molecule has 0 radical (unpaired) electrons. The van der Waals surface area contributed by atoms with Gasteiger partial charge in [-0.25, -0.2) is 4.98 Å². The van der Waals surface area contributed by atoms with E-state index in [0.29, 0.717) is 6.04 Å². The Bertz CT molecular complexity index is 1270. The first-order valence-electron chi connectivity index (χ1n) is 12.3. The Morgan fingerprint density at radius 2 is 1.53 bits per heavy atom. The maximum Gasteiger partial charge on any atom is 0.161 e. The van der Waals surface area contributed by atoms with E-state index < -0.39 is 0 Å². The minimum absolute atomic E-state index is 0.624. The van der Waals surface area contributed by atoms with Gasteiger partial charge in [0.25, 0.3) is 0 Å². The molecule has 1 aliphatic rings. The number of rotatable bonds is 5. The Labute approximate surface area is 203 Å². The number of hydrogen-bond acceptors (Lipinski definition) is 4. The van der Waals surface area contributed by atoms with Crippen LogP contribution in [-0.4, -0.2) is 46.5 Å². The monoisotopic (exact) mass is 453 g/mol. The fourth-order valence-electron chi connectivity index (χ4n) is 4.94. The van der Waals surface area contributed by atoms with Crippen LogP contribution in [0.15, 0.2) is 60.9 Å². The number of piperazine rings is 1. The largest absolute Gasteiger partial charge is 0.369 e. The van der Waals surface area contributed by atoms with E-state index in [4.69, 9.17) is 0 Å². The highest BCUT2D eigenvalue weighted by Crippen LogP contribution is 2.30. The first-order chi connectivity index (χ1) is 16.4. The Morgan fingerprint density at radius 3 is 2.18 bits per heavy atom. The Hall–Kier alpha value is -3.31. The maximum absolute atomic E-state index is 4.66. The van der Waals surface area contributed by atoms with E-state index in [-0.39, 0.29) is 0 Å². The van der Waals surface area contributed by atoms with Crippen molar-refractivity contribution < 1.29 is 0 Å². The summed E-state index contributed by atoms with van der Waals surface area (Å²) in [4.78, 5) is 9.69. The molecule has 5 heteroatoms. The topological polar surface area (TPSA) is 35.8 Å². The number of pyridine rings is 1. The smallest absolute Gasteiger partial charge is 0.161 e. The Balaban J connectivity index is 1.36. The summed E-state index contributed by atoms with van der Waals surface area (Å²) >= 11 is 0. The van der Waals surface area contributed by atoms with Crippen LogP contribution in [0, 0.1) is 20.8 Å². The third kappa shape index (κ3) is 4.28. The summed E-state index contributed by atoms with van der Waals surface area (Å²) in [6.45, 7) is 15.5. The van der Waals surface area contributed by atoms with Crippen molar-refractivity contribution in [3.63, 3.8) is 0 Å². The number of benzene rings is 2. The second-order valence-electron chi connectivity index (χ2n) is 9.78. The third-order valence-electron chi connectivity index (χ3n) is 7.33. The van der Waals surface area contributed by atoms with Gasteiger partial charge < -0.3 is 10.2 Å². The highest BCUT2D eigenvalue weighted by atomic mass is 15.3. The lowest BCUT2D eigenvalue weighted by Gasteiger charge is -2.38. The van der Waals surface area contributed by atoms with Gasteiger partial charge in [0.1, 0.15) is 0 Å². The van der Waals surface area contributed by atoms with E-state index >= 15 is 0 Å². The van der Waals surface area contributed by atoms with Gasteiger partial charge in [-0.05, 0) is 105 Å². The van der Waals surface area contributed by atoms with Crippen molar-refractivity contribution in [2.24, 2.45) is 0 Å². The normalized spacial score (nSPS) is 14.8. The van der Waals surface area contributed by atoms with Crippen LogP contribution in [0.1, 0.15) is 30.5 Å². The SMILES string of the molecule is Cc1cc(-c2ccc(Nc3ccc(N4CCN(C(C)C)CC4)cc3)c3nccn23)cc(C)c1C. The zero-order chi connectivity index (χ0) is 23.8. The lowest BCUT2D eigenvalue weighted by atomic mass is 9.98. The summed E-state index contributed by atoms with van der Waals surface area (Å²) in [5, 5.41) is 3.59. The highest BCUT2D eigenvalue weighted by molar-refractivity contribution is 5.78. The molecule has 2 aromatic heterocycles. The summed E-state index contributed by atoms with van der Waals surface area (Å²) in [6, 6.07) is 18.3. The predicted octanol–water partition coefficient (Wildman–Crippen LogP) is 6.20. The van der Waals surface area contributed by atoms with Crippen LogP contribution in [0.5, 0.6) is 0 Å². The molecular weight excluding hydrogens is 418 g/mol. The number of fused-ring (bicyclic) bond motifs is 1. The minimum atomic E-state index is 0.624. The quantitative estimate of drug-likeness (QED) is 0.390. The molecule has 0 unspecified atom stereocenters. The van der Waals surface area contributed by atoms with Crippen LogP contribution in [0.2, 0.25) is 0 Å². The zero-order valence-electron chi connectivity index (χ0n) is 21.0. The molecule has 1 N–H and O–H groups in total. The van der Waals surface area contributed by atoms with Gasteiger partial charge in [0.2, 0.25) is 0 Å². The molecule has 3 heterocycles. The van der Waals surface area contributed by atoms with E-state index in [2.05, 4.69) is 108 Å². The molecule has 2 aromatic carbocycles. The number of hydrogen-bond donors (Lipinski definition) is 1. The van der Waals surface area contributed by atoms with Crippen LogP contribution >= 0.6 is 0 Å². The lowest BCUT2D eigenvalue weighted by molar-refractivity contribution is 0.209. The summed E-state index contributed by atoms with van der Waals surface area (Å²) in [7, 11) is 0. The average Bonchev–Trinajstić information content (AvgIpc) is 3.33. The van der Waals surface area contributed by atoms with Crippen molar-refractivity contribution in [3.05, 3.63) is 77.6 Å². The summed E-state index contributed by atoms with van der Waals surface area (Å²) in [6.07, 6.45) is 3.91. The van der Waals surface area contributed by atoms with Gasteiger partial charge >= 0.3 is 0 Å². The van der Waals surface area contributed by atoms with E-state index in [1.165, 1.54) is 27.9 Å². The van der Waals surface area contributed by atoms with Crippen molar-refractivity contribution in [1.82, 2.24) is 14.3 Å². The molecule has 176 valence electrons. The number of nitrogens with zero attached hydrogens (tertiary/aromatic N) is 4. The standard InChI is InChI=1S/C29H35N5/c1-20(2)32-14-16-33(17-15-32)26-8-6-25(7-9-26)31-27-10-11-28(34-13-12-30-29(27)34)24-18-21(3)23(5)22(4)19-24/h6-13,18-20,31H,14-17H2,1-5H3. The molecule has 1 saturated heterocycles. The van der Waals surface area contributed by atoms with Crippen LogP contribution in [0.3, 0.4) is 0 Å². The molecular formula is C29H35N5. The summed E-state index contributed by atoms with van der Waals surface area (Å²) in [5.41, 5.74) is 10.7. The molecule has 0 saturated carbocycles. The fourth-order valence-corrected chi connectivity index (χ4v) is 4.94. The fraction of sp³-hybridized carbons (Fsp3) is 0.345. The first-order valence-corrected chi connectivity index (χ1v) is 12.3. The average molecular weight is 454 g/mol. The Kier molecular flexibility index (Phi) is 6.05. The van der Waals surface area contributed by atoms with Gasteiger partial charge in [-0.1, -0.05) is 0 Å². The lowest BCUT2D eigenvalue weighted by Crippen LogP contribution is -2.48. The van der Waals surface area contributed by atoms with E-state index in [0.717, 1.165) is 48.9 Å². The van der Waals surface area contributed by atoms with Gasteiger partial charge in [-0.15, -0.1) is 0 Å².